The molecule has 0 atom stereocenters. The molecule has 18 heavy (non-hydrogen) atoms. The SMILES string of the molecule is COCCNC(=O)c1cc2c(F)cccc2n1C. The Hall–Kier alpha value is -1.88. The van der Waals surface area contributed by atoms with Gasteiger partial charge in [0.2, 0.25) is 0 Å². The first-order valence-corrected chi connectivity index (χ1v) is 5.66. The number of hydrogen-bond acceptors (Lipinski definition) is 2. The Morgan fingerprint density at radius 1 is 1.50 bits per heavy atom. The molecule has 0 unspecified atom stereocenters. The van der Waals surface area contributed by atoms with Gasteiger partial charge in [-0.3, -0.25) is 4.79 Å². The lowest BCUT2D eigenvalue weighted by molar-refractivity contribution is 0.0929. The van der Waals surface area contributed by atoms with Gasteiger partial charge in [-0.2, -0.15) is 0 Å². The van der Waals surface area contributed by atoms with Crippen molar-refractivity contribution >= 4 is 16.8 Å². The van der Waals surface area contributed by atoms with Gasteiger partial charge < -0.3 is 14.6 Å². The number of benzene rings is 1. The van der Waals surface area contributed by atoms with Gasteiger partial charge in [0.15, 0.2) is 0 Å². The molecule has 0 radical (unpaired) electrons. The topological polar surface area (TPSA) is 43.3 Å². The molecule has 0 aliphatic rings. The highest BCUT2D eigenvalue weighted by Crippen LogP contribution is 2.21. The Balaban J connectivity index is 2.31. The molecule has 1 aromatic heterocycles. The smallest absolute Gasteiger partial charge is 0.268 e. The van der Waals surface area contributed by atoms with E-state index in [4.69, 9.17) is 4.74 Å². The number of nitrogens with zero attached hydrogens (tertiary/aromatic N) is 1. The molecule has 1 aromatic carbocycles. The lowest BCUT2D eigenvalue weighted by Crippen LogP contribution is -2.28. The predicted molar refractivity (Wildman–Crippen MR) is 67.1 cm³/mol. The van der Waals surface area contributed by atoms with E-state index in [-0.39, 0.29) is 11.7 Å². The number of fused-ring (bicyclic) bond motifs is 1. The highest BCUT2D eigenvalue weighted by Gasteiger charge is 2.14. The number of carbonyl (C=O) groups is 1. The first-order valence-electron chi connectivity index (χ1n) is 5.66. The van der Waals surface area contributed by atoms with Crippen LogP contribution in [0.1, 0.15) is 10.5 Å². The molecule has 0 bridgehead atoms. The summed E-state index contributed by atoms with van der Waals surface area (Å²) in [6.07, 6.45) is 0. The normalized spacial score (nSPS) is 10.8. The molecule has 1 N–H and O–H groups in total. The average Bonchev–Trinajstić information content (AvgIpc) is 2.69. The number of aromatic nitrogens is 1. The minimum atomic E-state index is -0.320. The van der Waals surface area contributed by atoms with Crippen LogP contribution in [0, 0.1) is 5.82 Å². The molecule has 0 saturated carbocycles. The summed E-state index contributed by atoms with van der Waals surface area (Å²) in [6.45, 7) is 0.878. The fourth-order valence-corrected chi connectivity index (χ4v) is 1.90. The van der Waals surface area contributed by atoms with Crippen molar-refractivity contribution in [1.82, 2.24) is 9.88 Å². The standard InChI is InChI=1S/C13H15FN2O2/c1-16-11-5-3-4-10(14)9(11)8-12(16)13(17)15-6-7-18-2/h3-5,8H,6-7H2,1-2H3,(H,15,17). The summed E-state index contributed by atoms with van der Waals surface area (Å²) in [4.78, 5) is 11.9. The number of aryl methyl sites for hydroxylation is 1. The molecule has 4 nitrogen and oxygen atoms in total. The van der Waals surface area contributed by atoms with Crippen molar-refractivity contribution in [3.05, 3.63) is 35.8 Å². The summed E-state index contributed by atoms with van der Waals surface area (Å²) >= 11 is 0. The van der Waals surface area contributed by atoms with Gasteiger partial charge in [-0.1, -0.05) is 6.07 Å². The maximum absolute atomic E-state index is 13.6. The Bertz CT molecular complexity index is 578. The highest BCUT2D eigenvalue weighted by atomic mass is 19.1. The van der Waals surface area contributed by atoms with Gasteiger partial charge in [0.05, 0.1) is 12.1 Å². The molecule has 0 aliphatic carbocycles. The molecule has 2 aromatic rings. The van der Waals surface area contributed by atoms with E-state index in [1.165, 1.54) is 6.07 Å². The molecule has 1 amide bonds. The van der Waals surface area contributed by atoms with Gasteiger partial charge in [0, 0.05) is 26.1 Å². The summed E-state index contributed by atoms with van der Waals surface area (Å²) < 4.78 is 20.1. The van der Waals surface area contributed by atoms with Crippen molar-refractivity contribution in [2.45, 2.75) is 0 Å². The first kappa shape index (κ1) is 12.6. The van der Waals surface area contributed by atoms with Crippen LogP contribution in [-0.4, -0.2) is 30.7 Å². The second-order valence-corrected chi connectivity index (χ2v) is 4.01. The monoisotopic (exact) mass is 250 g/mol. The van der Waals surface area contributed by atoms with Crippen molar-refractivity contribution in [2.24, 2.45) is 7.05 Å². The van der Waals surface area contributed by atoms with Crippen molar-refractivity contribution in [2.75, 3.05) is 20.3 Å². The van der Waals surface area contributed by atoms with Crippen LogP contribution in [0.5, 0.6) is 0 Å². The lowest BCUT2D eigenvalue weighted by Gasteiger charge is -2.05. The molecule has 1 heterocycles. The number of nitrogens with one attached hydrogen (secondary N) is 1. The van der Waals surface area contributed by atoms with E-state index < -0.39 is 0 Å². The number of ether oxygens (including phenoxy) is 1. The zero-order valence-electron chi connectivity index (χ0n) is 10.4. The molecule has 0 saturated heterocycles. The second-order valence-electron chi connectivity index (χ2n) is 4.01. The Morgan fingerprint density at radius 2 is 2.28 bits per heavy atom. The van der Waals surface area contributed by atoms with Crippen LogP contribution in [0.2, 0.25) is 0 Å². The van der Waals surface area contributed by atoms with Gasteiger partial charge in [-0.05, 0) is 18.2 Å². The third kappa shape index (κ3) is 2.22. The van der Waals surface area contributed by atoms with E-state index in [9.17, 15) is 9.18 Å². The van der Waals surface area contributed by atoms with Gasteiger partial charge >= 0.3 is 0 Å². The Kier molecular flexibility index (Phi) is 3.62. The van der Waals surface area contributed by atoms with Crippen molar-refractivity contribution < 1.29 is 13.9 Å². The summed E-state index contributed by atoms with van der Waals surface area (Å²) in [5.74, 6) is -0.552. The Morgan fingerprint density at radius 3 is 2.94 bits per heavy atom. The van der Waals surface area contributed by atoms with E-state index in [1.807, 2.05) is 0 Å². The van der Waals surface area contributed by atoms with Gasteiger partial charge in [-0.15, -0.1) is 0 Å². The second kappa shape index (κ2) is 5.18. The summed E-state index contributed by atoms with van der Waals surface area (Å²) in [5, 5.41) is 3.17. The molecule has 0 fully saturated rings. The maximum atomic E-state index is 13.6. The summed E-state index contributed by atoms with van der Waals surface area (Å²) in [5.41, 5.74) is 1.14. The quantitative estimate of drug-likeness (QED) is 0.839. The number of rotatable bonds is 4. The van der Waals surface area contributed by atoms with Crippen molar-refractivity contribution in [3.8, 4) is 0 Å². The summed E-state index contributed by atoms with van der Waals surface area (Å²) in [6, 6.07) is 6.36. The number of methoxy groups -OCH3 is 1. The van der Waals surface area contributed by atoms with Crippen LogP contribution in [-0.2, 0) is 11.8 Å². The van der Waals surface area contributed by atoms with E-state index >= 15 is 0 Å². The predicted octanol–water partition coefficient (Wildman–Crippen LogP) is 1.69. The van der Waals surface area contributed by atoms with Crippen LogP contribution < -0.4 is 5.32 Å². The molecule has 0 spiro atoms. The molecule has 96 valence electrons. The van der Waals surface area contributed by atoms with Crippen LogP contribution in [0.15, 0.2) is 24.3 Å². The highest BCUT2D eigenvalue weighted by molar-refractivity contribution is 5.98. The van der Waals surface area contributed by atoms with Gasteiger partial charge in [0.25, 0.3) is 5.91 Å². The third-order valence-corrected chi connectivity index (χ3v) is 2.86. The molecular formula is C13H15FN2O2. The minimum absolute atomic E-state index is 0.231. The molecule has 2 rings (SSSR count). The fraction of sp³-hybridized carbons (Fsp3) is 0.308. The van der Waals surface area contributed by atoms with Crippen LogP contribution >= 0.6 is 0 Å². The van der Waals surface area contributed by atoms with Crippen molar-refractivity contribution in [1.29, 1.82) is 0 Å². The maximum Gasteiger partial charge on any atom is 0.268 e. The van der Waals surface area contributed by atoms with Crippen LogP contribution in [0.25, 0.3) is 10.9 Å². The largest absolute Gasteiger partial charge is 0.383 e. The van der Waals surface area contributed by atoms with Crippen molar-refractivity contribution in [3.63, 3.8) is 0 Å². The van der Waals surface area contributed by atoms with Crippen LogP contribution in [0.4, 0.5) is 4.39 Å². The lowest BCUT2D eigenvalue weighted by atomic mass is 10.2. The molecular weight excluding hydrogens is 235 g/mol. The zero-order chi connectivity index (χ0) is 13.1. The van der Waals surface area contributed by atoms with E-state index in [0.29, 0.717) is 29.7 Å². The molecule has 0 aliphatic heterocycles. The van der Waals surface area contributed by atoms with Gasteiger partial charge in [0.1, 0.15) is 11.5 Å². The third-order valence-electron chi connectivity index (χ3n) is 2.86. The van der Waals surface area contributed by atoms with Gasteiger partial charge in [-0.25, -0.2) is 4.39 Å². The Labute approximate surface area is 104 Å². The van der Waals surface area contributed by atoms with E-state index in [1.54, 1.807) is 36.9 Å². The number of hydrogen-bond donors (Lipinski definition) is 1. The van der Waals surface area contributed by atoms with Crippen LogP contribution in [0.3, 0.4) is 0 Å². The van der Waals surface area contributed by atoms with E-state index in [0.717, 1.165) is 0 Å². The first-order chi connectivity index (χ1) is 8.65. The number of amides is 1. The average molecular weight is 250 g/mol. The number of carbonyl (C=O) groups excluding carboxylic acids is 1. The molecule has 5 heteroatoms. The fourth-order valence-electron chi connectivity index (χ4n) is 1.90. The van der Waals surface area contributed by atoms with E-state index in [2.05, 4.69) is 5.32 Å². The zero-order valence-corrected chi connectivity index (χ0v) is 10.4. The summed E-state index contributed by atoms with van der Waals surface area (Å²) in [7, 11) is 3.31. The minimum Gasteiger partial charge on any atom is -0.383 e. The number of halogens is 1.